The smallest absolute Gasteiger partial charge is 0.191 e. The van der Waals surface area contributed by atoms with Crippen LogP contribution in [-0.2, 0) is 11.3 Å². The summed E-state index contributed by atoms with van der Waals surface area (Å²) in [7, 11) is 1.85. The fraction of sp³-hybridized carbons (Fsp3) is 0.600. The van der Waals surface area contributed by atoms with E-state index in [4.69, 9.17) is 9.84 Å². The monoisotopic (exact) mass is 438 g/mol. The van der Waals surface area contributed by atoms with E-state index in [1.165, 1.54) is 37.7 Å². The number of aromatic nitrogens is 2. The maximum absolute atomic E-state index is 5.62. The first kappa shape index (κ1) is 22.8. The molecule has 0 radical (unpaired) electrons. The fourth-order valence-corrected chi connectivity index (χ4v) is 5.24. The predicted molar refractivity (Wildman–Crippen MR) is 129 cm³/mol. The molecule has 7 heteroatoms. The molecule has 1 saturated heterocycles. The van der Waals surface area contributed by atoms with Crippen LogP contribution in [0.25, 0.3) is 5.69 Å². The standard InChI is InChI=1S/C25H38N6O/c1-20-23(21(2)31(29-20)22-10-6-4-7-11-22)18-27-24(26-3)28-19-25(12-8-5-9-13-25)30-14-16-32-17-15-30/h4,6-7,10-11H,5,8-9,12-19H2,1-3H3,(H2,26,27,28). The Morgan fingerprint density at radius 1 is 1.06 bits per heavy atom. The van der Waals surface area contributed by atoms with Crippen molar-refractivity contribution >= 4 is 5.96 Å². The van der Waals surface area contributed by atoms with E-state index >= 15 is 0 Å². The SMILES string of the molecule is CN=C(NCc1c(C)nn(-c2ccccc2)c1C)NCC1(N2CCOCC2)CCCCC1. The van der Waals surface area contributed by atoms with Crippen LogP contribution in [0.15, 0.2) is 35.3 Å². The van der Waals surface area contributed by atoms with Crippen LogP contribution in [0.1, 0.15) is 49.1 Å². The first-order chi connectivity index (χ1) is 15.6. The Morgan fingerprint density at radius 2 is 1.78 bits per heavy atom. The predicted octanol–water partition coefficient (Wildman–Crippen LogP) is 3.19. The molecule has 2 aromatic rings. The van der Waals surface area contributed by atoms with Gasteiger partial charge in [-0.25, -0.2) is 4.68 Å². The molecule has 174 valence electrons. The number of aryl methyl sites for hydroxylation is 1. The second-order valence-corrected chi connectivity index (χ2v) is 9.06. The third kappa shape index (κ3) is 4.99. The lowest BCUT2D eigenvalue weighted by Crippen LogP contribution is -2.60. The van der Waals surface area contributed by atoms with Gasteiger partial charge in [-0.05, 0) is 38.8 Å². The van der Waals surface area contributed by atoms with Crippen molar-refractivity contribution in [3.8, 4) is 5.69 Å². The zero-order valence-corrected chi connectivity index (χ0v) is 19.9. The van der Waals surface area contributed by atoms with Gasteiger partial charge in [0.1, 0.15) is 0 Å². The van der Waals surface area contributed by atoms with Crippen molar-refractivity contribution in [1.29, 1.82) is 0 Å². The summed E-state index contributed by atoms with van der Waals surface area (Å²) in [6.07, 6.45) is 6.46. The van der Waals surface area contributed by atoms with Gasteiger partial charge in [0.15, 0.2) is 5.96 Å². The minimum Gasteiger partial charge on any atom is -0.379 e. The fourth-order valence-electron chi connectivity index (χ4n) is 5.24. The highest BCUT2D eigenvalue weighted by Crippen LogP contribution is 2.33. The first-order valence-electron chi connectivity index (χ1n) is 12.0. The zero-order chi connectivity index (χ0) is 22.4. The average Bonchev–Trinajstić information content (AvgIpc) is 3.14. The molecule has 2 N–H and O–H groups in total. The van der Waals surface area contributed by atoms with Crippen molar-refractivity contribution in [2.45, 2.75) is 58.0 Å². The molecule has 0 atom stereocenters. The number of nitrogens with zero attached hydrogens (tertiary/aromatic N) is 4. The molecule has 1 aliphatic heterocycles. The molecular weight excluding hydrogens is 400 g/mol. The van der Waals surface area contributed by atoms with Gasteiger partial charge < -0.3 is 15.4 Å². The van der Waals surface area contributed by atoms with Crippen LogP contribution < -0.4 is 10.6 Å². The number of morpholine rings is 1. The van der Waals surface area contributed by atoms with Gasteiger partial charge >= 0.3 is 0 Å². The summed E-state index contributed by atoms with van der Waals surface area (Å²) >= 11 is 0. The summed E-state index contributed by atoms with van der Waals surface area (Å²) in [5.41, 5.74) is 4.73. The second kappa shape index (κ2) is 10.5. The summed E-state index contributed by atoms with van der Waals surface area (Å²) in [4.78, 5) is 7.17. The molecule has 1 aliphatic carbocycles. The molecule has 0 spiro atoms. The highest BCUT2D eigenvalue weighted by molar-refractivity contribution is 5.79. The van der Waals surface area contributed by atoms with E-state index in [0.29, 0.717) is 6.54 Å². The lowest BCUT2D eigenvalue weighted by Gasteiger charge is -2.48. The van der Waals surface area contributed by atoms with E-state index in [-0.39, 0.29) is 5.54 Å². The number of rotatable bonds is 6. The molecule has 2 aliphatic rings. The lowest BCUT2D eigenvalue weighted by atomic mass is 9.80. The van der Waals surface area contributed by atoms with Gasteiger partial charge in [0.25, 0.3) is 0 Å². The number of guanidine groups is 1. The molecule has 2 fully saturated rings. The van der Waals surface area contributed by atoms with Crippen LogP contribution in [0, 0.1) is 13.8 Å². The quantitative estimate of drug-likeness (QED) is 0.536. The third-order valence-corrected chi connectivity index (χ3v) is 7.15. The van der Waals surface area contributed by atoms with Crippen molar-refractivity contribution in [2.75, 3.05) is 39.9 Å². The number of ether oxygens (including phenoxy) is 1. The van der Waals surface area contributed by atoms with Gasteiger partial charge in [-0.3, -0.25) is 9.89 Å². The molecule has 0 amide bonds. The third-order valence-electron chi connectivity index (χ3n) is 7.15. The van der Waals surface area contributed by atoms with Gasteiger partial charge in [0, 0.05) is 50.0 Å². The Bertz CT molecular complexity index is 895. The Hall–Kier alpha value is -2.38. The largest absolute Gasteiger partial charge is 0.379 e. The summed E-state index contributed by atoms with van der Waals surface area (Å²) in [5, 5.41) is 12.0. The number of hydrogen-bond donors (Lipinski definition) is 2. The summed E-state index contributed by atoms with van der Waals surface area (Å²) in [6, 6.07) is 10.3. The van der Waals surface area contributed by atoms with Crippen LogP contribution in [0.5, 0.6) is 0 Å². The Balaban J connectivity index is 1.40. The molecule has 2 heterocycles. The highest BCUT2D eigenvalue weighted by atomic mass is 16.5. The molecule has 1 aromatic heterocycles. The van der Waals surface area contributed by atoms with E-state index in [9.17, 15) is 0 Å². The van der Waals surface area contributed by atoms with Crippen LogP contribution in [0.4, 0.5) is 0 Å². The summed E-state index contributed by atoms with van der Waals surface area (Å²) in [5.74, 6) is 0.856. The van der Waals surface area contributed by atoms with Crippen molar-refractivity contribution in [1.82, 2.24) is 25.3 Å². The summed E-state index contributed by atoms with van der Waals surface area (Å²) in [6.45, 7) is 9.60. The molecule has 0 bridgehead atoms. The van der Waals surface area contributed by atoms with Crippen LogP contribution in [0.2, 0.25) is 0 Å². The highest BCUT2D eigenvalue weighted by Gasteiger charge is 2.38. The van der Waals surface area contributed by atoms with Crippen LogP contribution in [-0.4, -0.2) is 66.1 Å². The molecule has 0 unspecified atom stereocenters. The van der Waals surface area contributed by atoms with Gasteiger partial charge in [-0.2, -0.15) is 5.10 Å². The van der Waals surface area contributed by atoms with Crippen LogP contribution >= 0.6 is 0 Å². The topological polar surface area (TPSA) is 66.7 Å². The normalized spacial score (nSPS) is 19.7. The maximum atomic E-state index is 5.62. The minimum absolute atomic E-state index is 0.212. The van der Waals surface area contributed by atoms with Crippen molar-refractivity contribution in [2.24, 2.45) is 4.99 Å². The Kier molecular flexibility index (Phi) is 7.48. The van der Waals surface area contributed by atoms with Crippen LogP contribution in [0.3, 0.4) is 0 Å². The number of hydrogen-bond acceptors (Lipinski definition) is 4. The van der Waals surface area contributed by atoms with Gasteiger partial charge in [0.2, 0.25) is 0 Å². The Morgan fingerprint density at radius 3 is 2.47 bits per heavy atom. The zero-order valence-electron chi connectivity index (χ0n) is 19.9. The van der Waals surface area contributed by atoms with Crippen molar-refractivity contribution in [3.05, 3.63) is 47.3 Å². The van der Waals surface area contributed by atoms with E-state index in [1.54, 1.807) is 0 Å². The molecular formula is C25H38N6O. The number of benzene rings is 1. The number of para-hydroxylation sites is 1. The minimum atomic E-state index is 0.212. The molecule has 1 saturated carbocycles. The Labute approximate surface area is 192 Å². The van der Waals surface area contributed by atoms with E-state index in [1.807, 2.05) is 29.9 Å². The average molecular weight is 439 g/mol. The lowest BCUT2D eigenvalue weighted by molar-refractivity contribution is -0.0352. The van der Waals surface area contributed by atoms with E-state index in [2.05, 4.69) is 46.5 Å². The number of aliphatic imine (C=N–C) groups is 1. The first-order valence-corrected chi connectivity index (χ1v) is 12.0. The summed E-state index contributed by atoms with van der Waals surface area (Å²) < 4.78 is 7.65. The van der Waals surface area contributed by atoms with Crippen molar-refractivity contribution < 1.29 is 4.74 Å². The van der Waals surface area contributed by atoms with Gasteiger partial charge in [-0.15, -0.1) is 0 Å². The molecule has 1 aromatic carbocycles. The molecule has 4 rings (SSSR count). The second-order valence-electron chi connectivity index (χ2n) is 9.06. The van der Waals surface area contributed by atoms with Gasteiger partial charge in [0.05, 0.1) is 24.6 Å². The molecule has 32 heavy (non-hydrogen) atoms. The van der Waals surface area contributed by atoms with E-state index < -0.39 is 0 Å². The van der Waals surface area contributed by atoms with E-state index in [0.717, 1.165) is 55.9 Å². The van der Waals surface area contributed by atoms with Crippen molar-refractivity contribution in [3.63, 3.8) is 0 Å². The molecule has 7 nitrogen and oxygen atoms in total. The van der Waals surface area contributed by atoms with Gasteiger partial charge in [-0.1, -0.05) is 37.5 Å². The number of nitrogens with one attached hydrogen (secondary N) is 2. The maximum Gasteiger partial charge on any atom is 0.191 e.